The smallest absolute Gasteiger partial charge is 0.0626 e. The molecule has 2 aromatic rings. The summed E-state index contributed by atoms with van der Waals surface area (Å²) >= 11 is 0. The summed E-state index contributed by atoms with van der Waals surface area (Å²) in [4.78, 5) is 0. The molecule has 1 atom stereocenters. The van der Waals surface area contributed by atoms with Crippen molar-refractivity contribution in [2.75, 3.05) is 6.61 Å². The molecule has 4 heteroatoms. The van der Waals surface area contributed by atoms with Crippen LogP contribution >= 0.6 is 0 Å². The first-order valence-electron chi connectivity index (χ1n) is 7.23. The summed E-state index contributed by atoms with van der Waals surface area (Å²) in [6.07, 6.45) is 0.947. The number of nitrogens with one attached hydrogen (secondary N) is 1. The Kier molecular flexibility index (Phi) is 5.32. The Bertz CT molecular complexity index is 522. The van der Waals surface area contributed by atoms with E-state index in [1.165, 1.54) is 5.69 Å². The Morgan fingerprint density at radius 1 is 1.25 bits per heavy atom. The van der Waals surface area contributed by atoms with E-state index in [4.69, 9.17) is 0 Å². The van der Waals surface area contributed by atoms with Gasteiger partial charge in [0.05, 0.1) is 24.0 Å². The Balaban J connectivity index is 2.05. The van der Waals surface area contributed by atoms with Gasteiger partial charge in [-0.15, -0.1) is 0 Å². The van der Waals surface area contributed by atoms with Crippen LogP contribution in [0.5, 0.6) is 0 Å². The van der Waals surface area contributed by atoms with Crippen LogP contribution in [0.4, 0.5) is 0 Å². The van der Waals surface area contributed by atoms with Crippen molar-refractivity contribution in [3.63, 3.8) is 0 Å². The van der Waals surface area contributed by atoms with Gasteiger partial charge in [0.1, 0.15) is 0 Å². The Labute approximate surface area is 120 Å². The maximum Gasteiger partial charge on any atom is 0.0626 e. The first-order chi connectivity index (χ1) is 9.78. The van der Waals surface area contributed by atoms with E-state index in [2.05, 4.69) is 30.3 Å². The van der Waals surface area contributed by atoms with Crippen LogP contribution in [0, 0.1) is 0 Å². The van der Waals surface area contributed by atoms with E-state index < -0.39 is 0 Å². The Morgan fingerprint density at radius 2 is 2.00 bits per heavy atom. The van der Waals surface area contributed by atoms with Crippen molar-refractivity contribution in [2.24, 2.45) is 0 Å². The number of rotatable bonds is 7. The summed E-state index contributed by atoms with van der Waals surface area (Å²) in [6.45, 7) is 5.87. The standard InChI is InChI=1S/C16H23N3O/c1-3-14-10-15(19(4-2)18-14)11-17-16(12-20)13-8-6-5-7-9-13/h5-10,16-17,20H,3-4,11-12H2,1-2H3. The number of hydrogen-bond acceptors (Lipinski definition) is 3. The van der Waals surface area contributed by atoms with Crippen molar-refractivity contribution >= 4 is 0 Å². The van der Waals surface area contributed by atoms with Gasteiger partial charge in [-0.1, -0.05) is 37.3 Å². The zero-order valence-corrected chi connectivity index (χ0v) is 12.2. The lowest BCUT2D eigenvalue weighted by atomic mass is 10.1. The second-order valence-electron chi connectivity index (χ2n) is 4.82. The molecule has 0 fully saturated rings. The molecule has 0 saturated heterocycles. The number of aromatic nitrogens is 2. The highest BCUT2D eigenvalue weighted by Gasteiger charge is 2.11. The van der Waals surface area contributed by atoms with Gasteiger partial charge in [0.25, 0.3) is 0 Å². The lowest BCUT2D eigenvalue weighted by Gasteiger charge is -2.17. The van der Waals surface area contributed by atoms with E-state index >= 15 is 0 Å². The van der Waals surface area contributed by atoms with Crippen molar-refractivity contribution in [3.8, 4) is 0 Å². The molecule has 0 bridgehead atoms. The molecule has 1 heterocycles. The zero-order valence-electron chi connectivity index (χ0n) is 12.2. The average molecular weight is 273 g/mol. The minimum Gasteiger partial charge on any atom is -0.394 e. The van der Waals surface area contributed by atoms with Gasteiger partial charge in [-0.3, -0.25) is 4.68 Å². The molecular formula is C16H23N3O. The monoisotopic (exact) mass is 273 g/mol. The molecule has 2 rings (SSSR count). The zero-order chi connectivity index (χ0) is 14.4. The minimum absolute atomic E-state index is 0.0403. The van der Waals surface area contributed by atoms with Gasteiger partial charge in [0.15, 0.2) is 0 Å². The normalized spacial score (nSPS) is 12.6. The van der Waals surface area contributed by atoms with Crippen LogP contribution in [0.25, 0.3) is 0 Å². The van der Waals surface area contributed by atoms with Gasteiger partial charge >= 0.3 is 0 Å². The molecule has 108 valence electrons. The first kappa shape index (κ1) is 14.8. The summed E-state index contributed by atoms with van der Waals surface area (Å²) in [5.41, 5.74) is 3.39. The van der Waals surface area contributed by atoms with Crippen LogP contribution in [-0.4, -0.2) is 21.5 Å². The van der Waals surface area contributed by atoms with Crippen LogP contribution in [-0.2, 0) is 19.5 Å². The molecule has 0 amide bonds. The van der Waals surface area contributed by atoms with Crippen molar-refractivity contribution in [1.82, 2.24) is 15.1 Å². The largest absolute Gasteiger partial charge is 0.394 e. The van der Waals surface area contributed by atoms with Gasteiger partial charge in [0.2, 0.25) is 0 Å². The minimum atomic E-state index is -0.0403. The number of aliphatic hydroxyl groups is 1. The number of nitrogens with zero attached hydrogens (tertiary/aromatic N) is 2. The number of benzene rings is 1. The van der Waals surface area contributed by atoms with Crippen LogP contribution in [0.1, 0.15) is 36.8 Å². The Morgan fingerprint density at radius 3 is 2.60 bits per heavy atom. The van der Waals surface area contributed by atoms with E-state index in [0.29, 0.717) is 6.54 Å². The molecule has 2 N–H and O–H groups in total. The van der Waals surface area contributed by atoms with E-state index in [1.807, 2.05) is 35.0 Å². The van der Waals surface area contributed by atoms with Crippen molar-refractivity contribution in [1.29, 1.82) is 0 Å². The third-order valence-corrected chi connectivity index (χ3v) is 3.49. The third-order valence-electron chi connectivity index (χ3n) is 3.49. The van der Waals surface area contributed by atoms with Crippen LogP contribution < -0.4 is 5.32 Å². The quantitative estimate of drug-likeness (QED) is 0.814. The third kappa shape index (κ3) is 3.46. The second kappa shape index (κ2) is 7.22. The molecule has 20 heavy (non-hydrogen) atoms. The van der Waals surface area contributed by atoms with Crippen molar-refractivity contribution < 1.29 is 5.11 Å². The SMILES string of the molecule is CCc1cc(CNC(CO)c2ccccc2)n(CC)n1. The molecular weight excluding hydrogens is 250 g/mol. The topological polar surface area (TPSA) is 50.1 Å². The lowest BCUT2D eigenvalue weighted by Crippen LogP contribution is -2.25. The predicted molar refractivity (Wildman–Crippen MR) is 80.4 cm³/mol. The fourth-order valence-corrected chi connectivity index (χ4v) is 2.30. The fraction of sp³-hybridized carbons (Fsp3) is 0.438. The molecule has 0 aliphatic rings. The van der Waals surface area contributed by atoms with Crippen LogP contribution in [0.2, 0.25) is 0 Å². The maximum atomic E-state index is 9.55. The highest BCUT2D eigenvalue weighted by atomic mass is 16.3. The summed E-state index contributed by atoms with van der Waals surface area (Å²) in [6, 6.07) is 12.1. The molecule has 4 nitrogen and oxygen atoms in total. The van der Waals surface area contributed by atoms with E-state index in [1.54, 1.807) is 0 Å². The molecule has 0 aliphatic heterocycles. The average Bonchev–Trinajstić information content (AvgIpc) is 2.91. The van der Waals surface area contributed by atoms with Crippen LogP contribution in [0.15, 0.2) is 36.4 Å². The Hall–Kier alpha value is -1.65. The van der Waals surface area contributed by atoms with Gasteiger partial charge in [-0.2, -0.15) is 5.10 Å². The fourth-order valence-electron chi connectivity index (χ4n) is 2.30. The second-order valence-corrected chi connectivity index (χ2v) is 4.82. The molecule has 0 saturated carbocycles. The molecule has 0 spiro atoms. The summed E-state index contributed by atoms with van der Waals surface area (Å²) in [7, 11) is 0. The predicted octanol–water partition coefficient (Wildman–Crippen LogP) is 2.29. The molecule has 0 aliphatic carbocycles. The van der Waals surface area contributed by atoms with Gasteiger partial charge in [0, 0.05) is 13.1 Å². The number of aryl methyl sites for hydroxylation is 2. The summed E-state index contributed by atoms with van der Waals surface area (Å²) in [5, 5.41) is 17.5. The number of aliphatic hydroxyl groups excluding tert-OH is 1. The van der Waals surface area contributed by atoms with Crippen molar-refractivity contribution in [3.05, 3.63) is 53.3 Å². The maximum absolute atomic E-state index is 9.55. The molecule has 0 radical (unpaired) electrons. The van der Waals surface area contributed by atoms with E-state index in [9.17, 15) is 5.11 Å². The van der Waals surface area contributed by atoms with Gasteiger partial charge in [-0.25, -0.2) is 0 Å². The molecule has 1 aromatic heterocycles. The molecule has 1 aromatic carbocycles. The van der Waals surface area contributed by atoms with Gasteiger partial charge < -0.3 is 10.4 Å². The highest BCUT2D eigenvalue weighted by Crippen LogP contribution is 2.13. The highest BCUT2D eigenvalue weighted by molar-refractivity contribution is 5.19. The number of hydrogen-bond donors (Lipinski definition) is 2. The van der Waals surface area contributed by atoms with Crippen LogP contribution in [0.3, 0.4) is 0 Å². The lowest BCUT2D eigenvalue weighted by molar-refractivity contribution is 0.242. The first-order valence-corrected chi connectivity index (χ1v) is 7.23. The van der Waals surface area contributed by atoms with Crippen molar-refractivity contribution in [2.45, 2.75) is 39.4 Å². The summed E-state index contributed by atoms with van der Waals surface area (Å²) in [5.74, 6) is 0. The van der Waals surface area contributed by atoms with Gasteiger partial charge in [-0.05, 0) is 25.0 Å². The van der Waals surface area contributed by atoms with E-state index in [-0.39, 0.29) is 12.6 Å². The summed E-state index contributed by atoms with van der Waals surface area (Å²) < 4.78 is 2.02. The molecule has 1 unspecified atom stereocenters. The van der Waals surface area contributed by atoms with E-state index in [0.717, 1.165) is 24.2 Å².